The van der Waals surface area contributed by atoms with Crippen molar-refractivity contribution in [1.82, 2.24) is 14.7 Å². The van der Waals surface area contributed by atoms with Crippen LogP contribution in [0.2, 0.25) is 0 Å². The van der Waals surface area contributed by atoms with Gasteiger partial charge >= 0.3 is 6.03 Å². The Morgan fingerprint density at radius 2 is 2.00 bits per heavy atom. The molecular weight excluding hydrogens is 294 g/mol. The average molecular weight is 315 g/mol. The molecule has 0 aliphatic carbocycles. The monoisotopic (exact) mass is 315 g/mol. The summed E-state index contributed by atoms with van der Waals surface area (Å²) in [6.07, 6.45) is 3.26. The van der Waals surface area contributed by atoms with Gasteiger partial charge in [-0.15, -0.1) is 0 Å². The van der Waals surface area contributed by atoms with E-state index < -0.39 is 5.91 Å². The van der Waals surface area contributed by atoms with Gasteiger partial charge < -0.3 is 16.0 Å². The Bertz CT molecular complexity index is 746. The molecule has 122 valence electrons. The van der Waals surface area contributed by atoms with Crippen molar-refractivity contribution in [2.75, 3.05) is 18.4 Å². The summed E-state index contributed by atoms with van der Waals surface area (Å²) in [5.41, 5.74) is 7.11. The molecule has 3 N–H and O–H groups in total. The van der Waals surface area contributed by atoms with Crippen molar-refractivity contribution < 1.29 is 9.59 Å². The highest BCUT2D eigenvalue weighted by Crippen LogP contribution is 2.23. The van der Waals surface area contributed by atoms with Gasteiger partial charge in [0.25, 0.3) is 5.91 Å². The molecule has 7 heteroatoms. The highest BCUT2D eigenvalue weighted by molar-refractivity contribution is 6.05. The van der Waals surface area contributed by atoms with E-state index in [4.69, 9.17) is 5.73 Å². The zero-order valence-corrected chi connectivity index (χ0v) is 13.2. The van der Waals surface area contributed by atoms with Crippen molar-refractivity contribution in [2.24, 2.45) is 5.73 Å². The molecule has 1 fully saturated rings. The lowest BCUT2D eigenvalue weighted by Crippen LogP contribution is -2.38. The Morgan fingerprint density at radius 3 is 2.65 bits per heavy atom. The summed E-state index contributed by atoms with van der Waals surface area (Å²) in [4.78, 5) is 25.7. The third-order valence-corrected chi connectivity index (χ3v) is 4.18. The number of aromatic nitrogens is 2. The van der Waals surface area contributed by atoms with Gasteiger partial charge in [0.15, 0.2) is 5.69 Å². The van der Waals surface area contributed by atoms with Gasteiger partial charge in [0.2, 0.25) is 0 Å². The lowest BCUT2D eigenvalue weighted by molar-refractivity contribution is 0.0996. The van der Waals surface area contributed by atoms with Crippen LogP contribution in [0.15, 0.2) is 18.2 Å². The number of carbonyl (C=O) groups is 2. The minimum absolute atomic E-state index is 0.104. The van der Waals surface area contributed by atoms with Crippen molar-refractivity contribution in [1.29, 1.82) is 0 Å². The van der Waals surface area contributed by atoms with E-state index in [1.54, 1.807) is 10.7 Å². The highest BCUT2D eigenvalue weighted by atomic mass is 16.2. The number of nitrogens with one attached hydrogen (secondary N) is 1. The lowest BCUT2D eigenvalue weighted by atomic mass is 10.1. The number of urea groups is 1. The quantitative estimate of drug-likeness (QED) is 0.909. The number of aryl methyl sites for hydroxylation is 1. The number of amides is 3. The van der Waals surface area contributed by atoms with Crippen LogP contribution in [-0.2, 0) is 6.54 Å². The molecule has 1 aliphatic rings. The standard InChI is InChI=1S/C16H21N5O2/c1-2-21-13-7-6-11(10-12(13)14(19-21)15(17)22)18-16(23)20-8-4-3-5-9-20/h6-7,10H,2-5,8-9H2,1H3,(H2,17,22)(H,18,23). The van der Waals surface area contributed by atoms with Crippen LogP contribution in [0.25, 0.3) is 10.9 Å². The molecule has 0 bridgehead atoms. The van der Waals surface area contributed by atoms with Crippen LogP contribution in [0.5, 0.6) is 0 Å². The normalized spacial score (nSPS) is 14.9. The van der Waals surface area contributed by atoms with E-state index in [1.807, 2.05) is 24.0 Å². The summed E-state index contributed by atoms with van der Waals surface area (Å²) in [6.45, 7) is 4.16. The topological polar surface area (TPSA) is 93.2 Å². The molecule has 3 amide bonds. The molecule has 2 aromatic rings. The molecule has 23 heavy (non-hydrogen) atoms. The molecule has 1 aromatic carbocycles. The summed E-state index contributed by atoms with van der Waals surface area (Å²) in [5.74, 6) is -0.568. The Hall–Kier alpha value is -2.57. The number of primary amides is 1. The Labute approximate surface area is 134 Å². The summed E-state index contributed by atoms with van der Waals surface area (Å²) >= 11 is 0. The van der Waals surface area contributed by atoms with Crippen molar-refractivity contribution in [2.45, 2.75) is 32.7 Å². The van der Waals surface area contributed by atoms with Gasteiger partial charge in [-0.25, -0.2) is 4.79 Å². The maximum absolute atomic E-state index is 12.3. The van der Waals surface area contributed by atoms with E-state index in [0.29, 0.717) is 17.6 Å². The van der Waals surface area contributed by atoms with E-state index in [-0.39, 0.29) is 11.7 Å². The van der Waals surface area contributed by atoms with Gasteiger partial charge in [0.1, 0.15) is 0 Å². The lowest BCUT2D eigenvalue weighted by Gasteiger charge is -2.26. The molecule has 0 radical (unpaired) electrons. The van der Waals surface area contributed by atoms with Crippen molar-refractivity contribution in [3.63, 3.8) is 0 Å². The second-order valence-corrected chi connectivity index (χ2v) is 5.74. The number of piperidine rings is 1. The van der Waals surface area contributed by atoms with Gasteiger partial charge in [0, 0.05) is 30.7 Å². The summed E-state index contributed by atoms with van der Waals surface area (Å²) in [5, 5.41) is 7.79. The number of anilines is 1. The molecule has 1 aliphatic heterocycles. The van der Waals surface area contributed by atoms with Crippen LogP contribution in [0.3, 0.4) is 0 Å². The summed E-state index contributed by atoms with van der Waals surface area (Å²) in [6, 6.07) is 5.33. The minimum atomic E-state index is -0.568. The van der Waals surface area contributed by atoms with E-state index in [1.165, 1.54) is 6.42 Å². The molecule has 1 saturated heterocycles. The predicted molar refractivity (Wildman–Crippen MR) is 88.4 cm³/mol. The van der Waals surface area contributed by atoms with Gasteiger partial charge in [-0.1, -0.05) is 0 Å². The fourth-order valence-electron chi connectivity index (χ4n) is 2.98. The largest absolute Gasteiger partial charge is 0.364 e. The molecule has 0 unspecified atom stereocenters. The number of nitrogens with two attached hydrogens (primary N) is 1. The van der Waals surface area contributed by atoms with Crippen LogP contribution >= 0.6 is 0 Å². The number of likely N-dealkylation sites (tertiary alicyclic amines) is 1. The van der Waals surface area contributed by atoms with Crippen LogP contribution in [0.4, 0.5) is 10.5 Å². The van der Waals surface area contributed by atoms with Gasteiger partial charge in [0.05, 0.1) is 5.52 Å². The average Bonchev–Trinajstić information content (AvgIpc) is 2.94. The highest BCUT2D eigenvalue weighted by Gasteiger charge is 2.18. The van der Waals surface area contributed by atoms with E-state index in [9.17, 15) is 9.59 Å². The Kier molecular flexibility index (Phi) is 4.18. The fourth-order valence-corrected chi connectivity index (χ4v) is 2.98. The van der Waals surface area contributed by atoms with Crippen molar-refractivity contribution in [3.8, 4) is 0 Å². The third-order valence-electron chi connectivity index (χ3n) is 4.18. The van der Waals surface area contributed by atoms with Gasteiger partial charge in [-0.2, -0.15) is 5.10 Å². The first kappa shape index (κ1) is 15.3. The maximum Gasteiger partial charge on any atom is 0.321 e. The number of nitrogens with zero attached hydrogens (tertiary/aromatic N) is 3. The third kappa shape index (κ3) is 2.99. The van der Waals surface area contributed by atoms with E-state index >= 15 is 0 Å². The maximum atomic E-state index is 12.3. The van der Waals surface area contributed by atoms with Crippen molar-refractivity contribution in [3.05, 3.63) is 23.9 Å². The van der Waals surface area contributed by atoms with Crippen molar-refractivity contribution >= 4 is 28.5 Å². The van der Waals surface area contributed by atoms with E-state index in [0.717, 1.165) is 31.4 Å². The molecule has 0 atom stereocenters. The molecule has 7 nitrogen and oxygen atoms in total. The van der Waals surface area contributed by atoms with Gasteiger partial charge in [-0.3, -0.25) is 9.48 Å². The molecule has 2 heterocycles. The zero-order chi connectivity index (χ0) is 16.4. The zero-order valence-electron chi connectivity index (χ0n) is 13.2. The number of hydrogen-bond acceptors (Lipinski definition) is 3. The van der Waals surface area contributed by atoms with Crippen LogP contribution in [0.1, 0.15) is 36.7 Å². The number of fused-ring (bicyclic) bond motifs is 1. The van der Waals surface area contributed by atoms with E-state index in [2.05, 4.69) is 10.4 Å². The van der Waals surface area contributed by atoms with Crippen LogP contribution < -0.4 is 11.1 Å². The molecule has 1 aromatic heterocycles. The first-order valence-corrected chi connectivity index (χ1v) is 7.96. The Balaban J connectivity index is 1.88. The van der Waals surface area contributed by atoms with Crippen LogP contribution in [-0.4, -0.2) is 39.7 Å². The first-order chi connectivity index (χ1) is 11.1. The molecule has 0 saturated carbocycles. The second kappa shape index (κ2) is 6.28. The minimum Gasteiger partial charge on any atom is -0.364 e. The summed E-state index contributed by atoms with van der Waals surface area (Å²) in [7, 11) is 0. The molecular formula is C16H21N5O2. The fraction of sp³-hybridized carbons (Fsp3) is 0.438. The number of rotatable bonds is 3. The first-order valence-electron chi connectivity index (χ1n) is 7.96. The second-order valence-electron chi connectivity index (χ2n) is 5.74. The SMILES string of the molecule is CCn1nc(C(N)=O)c2cc(NC(=O)N3CCCCC3)ccc21. The summed E-state index contributed by atoms with van der Waals surface area (Å²) < 4.78 is 1.73. The molecule has 3 rings (SSSR count). The number of carbonyl (C=O) groups excluding carboxylic acids is 2. The predicted octanol–water partition coefficient (Wildman–Crippen LogP) is 2.17. The molecule has 0 spiro atoms. The number of hydrogen-bond donors (Lipinski definition) is 2. The Morgan fingerprint density at radius 1 is 1.26 bits per heavy atom. The van der Waals surface area contributed by atoms with Crippen LogP contribution in [0, 0.1) is 0 Å². The smallest absolute Gasteiger partial charge is 0.321 e. The number of benzene rings is 1. The van der Waals surface area contributed by atoms with Gasteiger partial charge in [-0.05, 0) is 44.4 Å².